The van der Waals surface area contributed by atoms with Crippen molar-refractivity contribution in [1.82, 2.24) is 0 Å². The van der Waals surface area contributed by atoms with Crippen LogP contribution in [0.5, 0.6) is 0 Å². The minimum absolute atomic E-state index is 0.538. The number of hydrogen-bond donors (Lipinski definition) is 1. The highest BCUT2D eigenvalue weighted by Gasteiger charge is 2.36. The summed E-state index contributed by atoms with van der Waals surface area (Å²) in [5, 5.41) is 0. The van der Waals surface area contributed by atoms with Crippen LogP contribution in [0.15, 0.2) is 0 Å². The quantitative estimate of drug-likeness (QED) is 0.645. The molecule has 0 aromatic rings. The summed E-state index contributed by atoms with van der Waals surface area (Å²) in [7, 11) is 0. The second-order valence-corrected chi connectivity index (χ2v) is 5.18. The topological polar surface area (TPSA) is 26.0 Å². The smallest absolute Gasteiger partial charge is 0.00204 e. The van der Waals surface area contributed by atoms with Crippen molar-refractivity contribution in [2.75, 3.05) is 6.54 Å². The molecule has 14 heavy (non-hydrogen) atoms. The first-order valence-corrected chi connectivity index (χ1v) is 6.46. The Hall–Kier alpha value is -0.0400. The second kappa shape index (κ2) is 5.75. The molecule has 2 unspecified atom stereocenters. The molecule has 0 aromatic carbocycles. The van der Waals surface area contributed by atoms with Gasteiger partial charge in [-0.3, -0.25) is 0 Å². The first kappa shape index (κ1) is 12.0. The molecule has 0 spiro atoms. The standard InChI is InChI=1S/C13H27N/c1-3-5-6-8-13(11-14)9-7-12(4-2)10-13/h12H,3-11,14H2,1-2H3. The molecule has 2 atom stereocenters. The molecular weight excluding hydrogens is 170 g/mol. The zero-order valence-electron chi connectivity index (χ0n) is 10.0. The predicted molar refractivity (Wildman–Crippen MR) is 63.3 cm³/mol. The highest BCUT2D eigenvalue weighted by atomic mass is 14.6. The fourth-order valence-corrected chi connectivity index (χ4v) is 2.94. The van der Waals surface area contributed by atoms with Gasteiger partial charge in [-0.05, 0) is 43.6 Å². The van der Waals surface area contributed by atoms with Crippen LogP contribution in [0.4, 0.5) is 0 Å². The summed E-state index contributed by atoms with van der Waals surface area (Å²) in [5.41, 5.74) is 6.51. The van der Waals surface area contributed by atoms with Crippen LogP contribution in [0, 0.1) is 11.3 Å². The van der Waals surface area contributed by atoms with Gasteiger partial charge in [-0.1, -0.05) is 39.5 Å². The summed E-state index contributed by atoms with van der Waals surface area (Å²) in [5.74, 6) is 0.972. The Bertz CT molecular complexity index is 155. The normalized spacial score (nSPS) is 32.4. The van der Waals surface area contributed by atoms with E-state index in [1.165, 1.54) is 51.4 Å². The van der Waals surface area contributed by atoms with E-state index in [0.29, 0.717) is 5.41 Å². The first-order valence-electron chi connectivity index (χ1n) is 6.46. The summed E-state index contributed by atoms with van der Waals surface area (Å²) in [6.07, 6.45) is 11.1. The van der Waals surface area contributed by atoms with Gasteiger partial charge in [0.15, 0.2) is 0 Å². The third kappa shape index (κ3) is 2.98. The molecule has 1 fully saturated rings. The van der Waals surface area contributed by atoms with E-state index in [1.807, 2.05) is 0 Å². The molecule has 1 aliphatic rings. The van der Waals surface area contributed by atoms with Crippen LogP contribution in [-0.4, -0.2) is 6.54 Å². The average molecular weight is 197 g/mol. The zero-order valence-corrected chi connectivity index (χ0v) is 10.0. The predicted octanol–water partition coefficient (Wildman–Crippen LogP) is 3.72. The summed E-state index contributed by atoms with van der Waals surface area (Å²) in [6.45, 7) is 5.52. The lowest BCUT2D eigenvalue weighted by atomic mass is 9.80. The molecule has 84 valence electrons. The molecule has 1 saturated carbocycles. The lowest BCUT2D eigenvalue weighted by molar-refractivity contribution is 0.259. The van der Waals surface area contributed by atoms with E-state index < -0.39 is 0 Å². The Kier molecular flexibility index (Phi) is 4.94. The molecule has 1 aliphatic carbocycles. The third-order valence-corrected chi connectivity index (χ3v) is 4.13. The largest absolute Gasteiger partial charge is 0.330 e. The minimum Gasteiger partial charge on any atom is -0.330 e. The zero-order chi connectivity index (χ0) is 10.4. The Balaban J connectivity index is 2.35. The van der Waals surface area contributed by atoms with Crippen LogP contribution >= 0.6 is 0 Å². The molecular formula is C13H27N. The maximum Gasteiger partial charge on any atom is -0.00204 e. The van der Waals surface area contributed by atoms with Crippen LogP contribution in [0.1, 0.15) is 65.2 Å². The van der Waals surface area contributed by atoms with Crippen LogP contribution < -0.4 is 5.73 Å². The molecule has 2 N–H and O–H groups in total. The van der Waals surface area contributed by atoms with Crippen molar-refractivity contribution in [3.63, 3.8) is 0 Å². The van der Waals surface area contributed by atoms with Crippen molar-refractivity contribution in [2.24, 2.45) is 17.1 Å². The van der Waals surface area contributed by atoms with Crippen molar-refractivity contribution < 1.29 is 0 Å². The molecule has 0 saturated heterocycles. The van der Waals surface area contributed by atoms with Gasteiger partial charge >= 0.3 is 0 Å². The van der Waals surface area contributed by atoms with E-state index in [-0.39, 0.29) is 0 Å². The summed E-state index contributed by atoms with van der Waals surface area (Å²) in [4.78, 5) is 0. The molecule has 1 heteroatoms. The van der Waals surface area contributed by atoms with E-state index in [1.54, 1.807) is 0 Å². The van der Waals surface area contributed by atoms with Crippen molar-refractivity contribution in [1.29, 1.82) is 0 Å². The molecule has 1 nitrogen and oxygen atoms in total. The van der Waals surface area contributed by atoms with Gasteiger partial charge in [0.1, 0.15) is 0 Å². The van der Waals surface area contributed by atoms with Crippen molar-refractivity contribution in [3.05, 3.63) is 0 Å². The molecule has 0 radical (unpaired) electrons. The Morgan fingerprint density at radius 1 is 1.29 bits per heavy atom. The molecule has 0 heterocycles. The summed E-state index contributed by atoms with van der Waals surface area (Å²) >= 11 is 0. The Morgan fingerprint density at radius 2 is 2.07 bits per heavy atom. The van der Waals surface area contributed by atoms with Gasteiger partial charge in [0.2, 0.25) is 0 Å². The third-order valence-electron chi connectivity index (χ3n) is 4.13. The average Bonchev–Trinajstić information content (AvgIpc) is 2.63. The van der Waals surface area contributed by atoms with Crippen LogP contribution in [0.2, 0.25) is 0 Å². The number of hydrogen-bond acceptors (Lipinski definition) is 1. The SMILES string of the molecule is CCCCCC1(CN)CCC(CC)C1. The maximum absolute atomic E-state index is 5.97. The van der Waals surface area contributed by atoms with E-state index in [0.717, 1.165) is 12.5 Å². The lowest BCUT2D eigenvalue weighted by Crippen LogP contribution is -2.27. The van der Waals surface area contributed by atoms with E-state index >= 15 is 0 Å². The summed E-state index contributed by atoms with van der Waals surface area (Å²) < 4.78 is 0. The molecule has 0 amide bonds. The van der Waals surface area contributed by atoms with Crippen LogP contribution in [-0.2, 0) is 0 Å². The van der Waals surface area contributed by atoms with E-state index in [2.05, 4.69) is 13.8 Å². The molecule has 0 aliphatic heterocycles. The van der Waals surface area contributed by atoms with E-state index in [9.17, 15) is 0 Å². The highest BCUT2D eigenvalue weighted by molar-refractivity contribution is 4.89. The fraction of sp³-hybridized carbons (Fsp3) is 1.00. The van der Waals surface area contributed by atoms with Crippen molar-refractivity contribution in [3.8, 4) is 0 Å². The van der Waals surface area contributed by atoms with Crippen LogP contribution in [0.3, 0.4) is 0 Å². The lowest BCUT2D eigenvalue weighted by Gasteiger charge is -2.27. The van der Waals surface area contributed by atoms with Gasteiger partial charge in [0.05, 0.1) is 0 Å². The second-order valence-electron chi connectivity index (χ2n) is 5.18. The summed E-state index contributed by atoms with van der Waals surface area (Å²) in [6, 6.07) is 0. The maximum atomic E-state index is 5.97. The Morgan fingerprint density at radius 3 is 2.57 bits per heavy atom. The number of rotatable bonds is 6. The number of unbranched alkanes of at least 4 members (excludes halogenated alkanes) is 2. The van der Waals surface area contributed by atoms with Gasteiger partial charge in [-0.15, -0.1) is 0 Å². The van der Waals surface area contributed by atoms with Gasteiger partial charge < -0.3 is 5.73 Å². The monoisotopic (exact) mass is 197 g/mol. The molecule has 0 bridgehead atoms. The van der Waals surface area contributed by atoms with Gasteiger partial charge in [-0.25, -0.2) is 0 Å². The first-order chi connectivity index (χ1) is 6.76. The minimum atomic E-state index is 0.538. The fourth-order valence-electron chi connectivity index (χ4n) is 2.94. The van der Waals surface area contributed by atoms with Gasteiger partial charge in [0, 0.05) is 0 Å². The van der Waals surface area contributed by atoms with Crippen molar-refractivity contribution >= 4 is 0 Å². The number of nitrogens with two attached hydrogens (primary N) is 1. The van der Waals surface area contributed by atoms with Crippen molar-refractivity contribution in [2.45, 2.75) is 65.2 Å². The van der Waals surface area contributed by atoms with Gasteiger partial charge in [-0.2, -0.15) is 0 Å². The highest BCUT2D eigenvalue weighted by Crippen LogP contribution is 2.45. The van der Waals surface area contributed by atoms with Crippen LogP contribution in [0.25, 0.3) is 0 Å². The molecule has 1 rings (SSSR count). The molecule has 0 aromatic heterocycles. The Labute approximate surface area is 89.5 Å². The van der Waals surface area contributed by atoms with Gasteiger partial charge in [0.25, 0.3) is 0 Å². The van der Waals surface area contributed by atoms with E-state index in [4.69, 9.17) is 5.73 Å².